The van der Waals surface area contributed by atoms with E-state index >= 15 is 0 Å². The van der Waals surface area contributed by atoms with Crippen LogP contribution >= 0.6 is 15.9 Å². The number of hydrogen-bond acceptors (Lipinski definition) is 4. The average Bonchev–Trinajstić information content (AvgIpc) is 2.51. The van der Waals surface area contributed by atoms with Gasteiger partial charge in [0.25, 0.3) is 0 Å². The van der Waals surface area contributed by atoms with Gasteiger partial charge < -0.3 is 20.2 Å². The number of primary amides is 1. The Morgan fingerprint density at radius 1 is 1.71 bits per heavy atom. The summed E-state index contributed by atoms with van der Waals surface area (Å²) in [6.07, 6.45) is 0.840. The molecule has 0 aliphatic rings. The molecule has 0 unspecified atom stereocenters. The van der Waals surface area contributed by atoms with Crippen LogP contribution in [0.5, 0.6) is 0 Å². The lowest BCUT2D eigenvalue weighted by atomic mass is 10.4. The van der Waals surface area contributed by atoms with Crippen LogP contribution in [0.2, 0.25) is 0 Å². The van der Waals surface area contributed by atoms with Crippen molar-refractivity contribution in [3.8, 4) is 0 Å². The van der Waals surface area contributed by atoms with E-state index in [-0.39, 0.29) is 6.61 Å². The molecule has 0 spiro atoms. The van der Waals surface area contributed by atoms with Crippen LogP contribution in [0.3, 0.4) is 0 Å². The number of ether oxygens (including phenoxy) is 1. The Labute approximate surface area is 89.7 Å². The van der Waals surface area contributed by atoms with Crippen molar-refractivity contribution in [3.63, 3.8) is 0 Å². The number of nitrogens with one attached hydrogen (secondary N) is 1. The molecule has 0 saturated carbocycles. The molecule has 3 N–H and O–H groups in total. The molecule has 1 heterocycles. The normalized spacial score (nSPS) is 10.1. The van der Waals surface area contributed by atoms with Gasteiger partial charge in [-0.1, -0.05) is 0 Å². The smallest absolute Gasteiger partial charge is 0.404 e. The number of carbonyl (C=O) groups excluding carboxylic acids is 1. The number of rotatable bonds is 5. The molecule has 14 heavy (non-hydrogen) atoms. The first kappa shape index (κ1) is 11.1. The minimum atomic E-state index is -0.758. The predicted octanol–water partition coefficient (Wildman–Crippen LogP) is 1.23. The summed E-state index contributed by atoms with van der Waals surface area (Å²) in [5.74, 6) is 0.809. The zero-order valence-corrected chi connectivity index (χ0v) is 9.04. The highest BCUT2D eigenvalue weighted by molar-refractivity contribution is 9.10. The van der Waals surface area contributed by atoms with Gasteiger partial charge in [-0.3, -0.25) is 0 Å². The Kier molecular flexibility index (Phi) is 4.48. The van der Waals surface area contributed by atoms with E-state index in [0.29, 0.717) is 13.1 Å². The number of amides is 1. The molecule has 5 nitrogen and oxygen atoms in total. The molecular formula is C8H11BrN2O3. The summed E-state index contributed by atoms with van der Waals surface area (Å²) >= 11 is 3.32. The molecule has 1 aromatic heterocycles. The van der Waals surface area contributed by atoms with Crippen LogP contribution in [-0.4, -0.2) is 19.2 Å². The molecule has 1 aromatic rings. The van der Waals surface area contributed by atoms with Crippen molar-refractivity contribution in [1.29, 1.82) is 0 Å². The summed E-state index contributed by atoms with van der Waals surface area (Å²) in [5, 5.41) is 3.03. The van der Waals surface area contributed by atoms with Gasteiger partial charge in [-0.25, -0.2) is 4.79 Å². The Morgan fingerprint density at radius 2 is 2.50 bits per heavy atom. The number of halogens is 1. The summed E-state index contributed by atoms with van der Waals surface area (Å²) in [6.45, 7) is 1.37. The monoisotopic (exact) mass is 262 g/mol. The molecular weight excluding hydrogens is 252 g/mol. The van der Waals surface area contributed by atoms with Crippen molar-refractivity contribution in [2.75, 3.05) is 13.2 Å². The van der Waals surface area contributed by atoms with Crippen molar-refractivity contribution in [2.45, 2.75) is 6.54 Å². The molecule has 0 aliphatic carbocycles. The highest BCUT2D eigenvalue weighted by Gasteiger charge is 2.01. The third-order valence-corrected chi connectivity index (χ3v) is 2.21. The Bertz CT molecular complexity index is 301. The van der Waals surface area contributed by atoms with Crippen LogP contribution in [0.1, 0.15) is 5.76 Å². The fourth-order valence-corrected chi connectivity index (χ4v) is 1.22. The molecule has 0 radical (unpaired) electrons. The van der Waals surface area contributed by atoms with Crippen molar-refractivity contribution in [2.24, 2.45) is 5.73 Å². The van der Waals surface area contributed by atoms with Crippen LogP contribution in [0.4, 0.5) is 4.79 Å². The summed E-state index contributed by atoms with van der Waals surface area (Å²) < 4.78 is 10.6. The van der Waals surface area contributed by atoms with Gasteiger partial charge in [-0.2, -0.15) is 0 Å². The van der Waals surface area contributed by atoms with Gasteiger partial charge in [-0.05, 0) is 22.0 Å². The van der Waals surface area contributed by atoms with E-state index in [1.807, 2.05) is 6.07 Å². The average molecular weight is 263 g/mol. The highest BCUT2D eigenvalue weighted by Crippen LogP contribution is 2.16. The second-order valence-corrected chi connectivity index (χ2v) is 3.39. The fraction of sp³-hybridized carbons (Fsp3) is 0.375. The zero-order chi connectivity index (χ0) is 10.4. The van der Waals surface area contributed by atoms with Crippen molar-refractivity contribution in [1.82, 2.24) is 5.32 Å². The summed E-state index contributed by atoms with van der Waals surface area (Å²) in [7, 11) is 0. The standard InChI is InChI=1S/C8H11BrN2O3/c9-6-1-3-13-7(6)5-11-2-4-14-8(10)12/h1,3,11H,2,4-5H2,(H2,10,12). The first-order chi connectivity index (χ1) is 6.70. The molecule has 1 rings (SSSR count). The van der Waals surface area contributed by atoms with Crippen molar-refractivity contribution >= 4 is 22.0 Å². The lowest BCUT2D eigenvalue weighted by Gasteiger charge is -2.02. The molecule has 0 aromatic carbocycles. The second kappa shape index (κ2) is 5.66. The summed E-state index contributed by atoms with van der Waals surface area (Å²) in [5.41, 5.74) is 4.78. The predicted molar refractivity (Wildman–Crippen MR) is 53.7 cm³/mol. The molecule has 1 amide bonds. The number of furan rings is 1. The first-order valence-electron chi connectivity index (χ1n) is 4.05. The molecule has 78 valence electrons. The van der Waals surface area contributed by atoms with E-state index < -0.39 is 6.09 Å². The maximum absolute atomic E-state index is 10.2. The zero-order valence-electron chi connectivity index (χ0n) is 7.46. The van der Waals surface area contributed by atoms with E-state index in [0.717, 1.165) is 10.2 Å². The van der Waals surface area contributed by atoms with E-state index in [2.05, 4.69) is 26.0 Å². The fourth-order valence-electron chi connectivity index (χ4n) is 0.877. The van der Waals surface area contributed by atoms with E-state index in [1.54, 1.807) is 6.26 Å². The van der Waals surface area contributed by atoms with Crippen LogP contribution < -0.4 is 11.1 Å². The number of carbonyl (C=O) groups is 1. The summed E-state index contributed by atoms with van der Waals surface area (Å²) in [6, 6.07) is 1.82. The Balaban J connectivity index is 2.10. The van der Waals surface area contributed by atoms with Gasteiger partial charge in [0.1, 0.15) is 12.4 Å². The van der Waals surface area contributed by atoms with Crippen LogP contribution in [0.15, 0.2) is 21.2 Å². The van der Waals surface area contributed by atoms with Gasteiger partial charge in [0.15, 0.2) is 0 Å². The second-order valence-electron chi connectivity index (χ2n) is 2.54. The van der Waals surface area contributed by atoms with E-state index in [9.17, 15) is 4.79 Å². The van der Waals surface area contributed by atoms with Crippen LogP contribution in [-0.2, 0) is 11.3 Å². The third kappa shape index (κ3) is 3.80. The van der Waals surface area contributed by atoms with E-state index in [1.165, 1.54) is 0 Å². The number of nitrogens with two attached hydrogens (primary N) is 1. The van der Waals surface area contributed by atoms with Gasteiger partial charge in [-0.15, -0.1) is 0 Å². The van der Waals surface area contributed by atoms with Crippen molar-refractivity contribution < 1.29 is 13.9 Å². The molecule has 0 fully saturated rings. The number of hydrogen-bond donors (Lipinski definition) is 2. The third-order valence-electron chi connectivity index (χ3n) is 1.50. The summed E-state index contributed by atoms with van der Waals surface area (Å²) in [4.78, 5) is 10.2. The van der Waals surface area contributed by atoms with E-state index in [4.69, 9.17) is 10.2 Å². The van der Waals surface area contributed by atoms with Crippen molar-refractivity contribution in [3.05, 3.63) is 22.6 Å². The maximum atomic E-state index is 10.2. The van der Waals surface area contributed by atoms with Gasteiger partial charge in [0.05, 0.1) is 17.3 Å². The minimum absolute atomic E-state index is 0.258. The minimum Gasteiger partial charge on any atom is -0.467 e. The molecule has 6 heteroatoms. The van der Waals surface area contributed by atoms with Gasteiger partial charge >= 0.3 is 6.09 Å². The van der Waals surface area contributed by atoms with Crippen LogP contribution in [0.25, 0.3) is 0 Å². The lowest BCUT2D eigenvalue weighted by molar-refractivity contribution is 0.157. The quantitative estimate of drug-likeness (QED) is 0.783. The maximum Gasteiger partial charge on any atom is 0.404 e. The SMILES string of the molecule is NC(=O)OCCNCc1occc1Br. The largest absolute Gasteiger partial charge is 0.467 e. The topological polar surface area (TPSA) is 77.5 Å². The molecule has 0 atom stereocenters. The Hall–Kier alpha value is -1.01. The molecule has 0 bridgehead atoms. The highest BCUT2D eigenvalue weighted by atomic mass is 79.9. The van der Waals surface area contributed by atoms with Gasteiger partial charge in [0, 0.05) is 6.54 Å². The molecule has 0 saturated heterocycles. The first-order valence-corrected chi connectivity index (χ1v) is 4.84. The molecule has 0 aliphatic heterocycles. The lowest BCUT2D eigenvalue weighted by Crippen LogP contribution is -2.23. The Morgan fingerprint density at radius 3 is 3.07 bits per heavy atom. The van der Waals surface area contributed by atoms with Crippen LogP contribution in [0, 0.1) is 0 Å². The van der Waals surface area contributed by atoms with Gasteiger partial charge in [0.2, 0.25) is 0 Å².